The molecule has 5 nitrogen and oxygen atoms in total. The van der Waals surface area contributed by atoms with Crippen molar-refractivity contribution in [2.75, 3.05) is 6.54 Å². The number of hydrogen-bond acceptors (Lipinski definition) is 3. The molecule has 7 heteroatoms. The summed E-state index contributed by atoms with van der Waals surface area (Å²) in [7, 11) is -3.74. The van der Waals surface area contributed by atoms with Gasteiger partial charge in [-0.15, -0.1) is 0 Å². The number of amides is 1. The van der Waals surface area contributed by atoms with Crippen LogP contribution in [0.1, 0.15) is 36.9 Å². The van der Waals surface area contributed by atoms with E-state index in [4.69, 9.17) is 11.6 Å². The second-order valence-electron chi connectivity index (χ2n) is 6.87. The second-order valence-corrected chi connectivity index (χ2v) is 9.20. The molecule has 2 aromatic carbocycles. The molecule has 2 atom stereocenters. The summed E-state index contributed by atoms with van der Waals surface area (Å²) in [6.45, 7) is 4.24. The summed E-state index contributed by atoms with van der Waals surface area (Å²) in [4.78, 5) is 13.0. The zero-order valence-corrected chi connectivity index (χ0v) is 16.9. The molecule has 2 aromatic rings. The first kappa shape index (κ1) is 19.9. The van der Waals surface area contributed by atoms with Gasteiger partial charge in [0.05, 0.1) is 10.9 Å². The van der Waals surface area contributed by atoms with Crippen LogP contribution in [0, 0.1) is 6.92 Å². The Labute approximate surface area is 165 Å². The summed E-state index contributed by atoms with van der Waals surface area (Å²) in [5.74, 6) is -0.266. The molecular weight excluding hydrogens is 384 g/mol. The third kappa shape index (κ3) is 4.34. The molecule has 3 rings (SSSR count). The van der Waals surface area contributed by atoms with Gasteiger partial charge in [0.15, 0.2) is 0 Å². The third-order valence-electron chi connectivity index (χ3n) is 4.86. The standard InChI is InChI=1S/C20H23ClN2O3S/c1-14-5-7-16(8-6-14)15(2)22-20(24)19-4-3-13-23(19)27(25,26)18-11-9-17(21)10-12-18/h5-12,15,19H,3-4,13H2,1-2H3,(H,22,24)/t15-,19-/m1/s1. The van der Waals surface area contributed by atoms with E-state index < -0.39 is 16.1 Å². The molecule has 0 aliphatic carbocycles. The Morgan fingerprint density at radius 1 is 1.15 bits per heavy atom. The van der Waals surface area contributed by atoms with Crippen molar-refractivity contribution in [1.82, 2.24) is 9.62 Å². The van der Waals surface area contributed by atoms with Gasteiger partial charge < -0.3 is 5.32 Å². The largest absolute Gasteiger partial charge is 0.348 e. The van der Waals surface area contributed by atoms with Crippen LogP contribution >= 0.6 is 11.6 Å². The first-order valence-corrected chi connectivity index (χ1v) is 10.7. The van der Waals surface area contributed by atoms with Gasteiger partial charge in [0.25, 0.3) is 0 Å². The third-order valence-corrected chi connectivity index (χ3v) is 7.04. The summed E-state index contributed by atoms with van der Waals surface area (Å²) in [5.41, 5.74) is 2.13. The van der Waals surface area contributed by atoms with Crippen molar-refractivity contribution < 1.29 is 13.2 Å². The Morgan fingerprint density at radius 2 is 1.78 bits per heavy atom. The molecule has 0 saturated carbocycles. The van der Waals surface area contributed by atoms with Gasteiger partial charge in [0, 0.05) is 11.6 Å². The van der Waals surface area contributed by atoms with Crippen LogP contribution in [0.5, 0.6) is 0 Å². The predicted octanol–water partition coefficient (Wildman–Crippen LogP) is 3.68. The van der Waals surface area contributed by atoms with Crippen molar-refractivity contribution >= 4 is 27.5 Å². The highest BCUT2D eigenvalue weighted by Gasteiger charge is 2.39. The molecule has 1 heterocycles. The maximum atomic E-state index is 13.0. The van der Waals surface area contributed by atoms with Crippen LogP contribution in [0.4, 0.5) is 0 Å². The summed E-state index contributed by atoms with van der Waals surface area (Å²) in [5, 5.41) is 3.42. The highest BCUT2D eigenvalue weighted by atomic mass is 35.5. The van der Waals surface area contributed by atoms with E-state index in [-0.39, 0.29) is 16.8 Å². The Bertz CT molecular complexity index is 911. The van der Waals surface area contributed by atoms with Crippen LogP contribution < -0.4 is 5.32 Å². The van der Waals surface area contributed by atoms with Gasteiger partial charge in [-0.3, -0.25) is 4.79 Å². The minimum absolute atomic E-state index is 0.151. The van der Waals surface area contributed by atoms with Crippen molar-refractivity contribution in [2.45, 2.75) is 43.7 Å². The van der Waals surface area contributed by atoms with Crippen molar-refractivity contribution in [1.29, 1.82) is 0 Å². The summed E-state index contributed by atoms with van der Waals surface area (Å²) < 4.78 is 27.2. The van der Waals surface area contributed by atoms with Gasteiger partial charge in [-0.1, -0.05) is 41.4 Å². The van der Waals surface area contributed by atoms with Crippen molar-refractivity contribution in [3.8, 4) is 0 Å². The fourth-order valence-electron chi connectivity index (χ4n) is 3.28. The van der Waals surface area contributed by atoms with Crippen molar-refractivity contribution in [3.63, 3.8) is 0 Å². The van der Waals surface area contributed by atoms with Gasteiger partial charge in [0.1, 0.15) is 6.04 Å². The first-order valence-electron chi connectivity index (χ1n) is 8.93. The maximum absolute atomic E-state index is 13.0. The molecule has 1 aliphatic rings. The molecule has 0 bridgehead atoms. The van der Waals surface area contributed by atoms with Gasteiger partial charge in [-0.25, -0.2) is 8.42 Å². The smallest absolute Gasteiger partial charge is 0.243 e. The van der Waals surface area contributed by atoms with Crippen molar-refractivity contribution in [2.24, 2.45) is 0 Å². The topological polar surface area (TPSA) is 66.5 Å². The number of halogens is 1. The number of aryl methyl sites for hydroxylation is 1. The number of nitrogens with zero attached hydrogens (tertiary/aromatic N) is 1. The quantitative estimate of drug-likeness (QED) is 0.823. The molecule has 1 amide bonds. The normalized spacial score (nSPS) is 19.0. The summed E-state index contributed by atoms with van der Waals surface area (Å²) in [6, 6.07) is 13.1. The van der Waals surface area contributed by atoms with E-state index in [9.17, 15) is 13.2 Å². The van der Waals surface area contributed by atoms with Crippen molar-refractivity contribution in [3.05, 3.63) is 64.7 Å². The van der Waals surface area contributed by atoms with Gasteiger partial charge in [-0.05, 0) is 56.5 Å². The first-order chi connectivity index (χ1) is 12.8. The molecule has 144 valence electrons. The van der Waals surface area contributed by atoms with E-state index in [0.29, 0.717) is 24.4 Å². The van der Waals surface area contributed by atoms with Crippen LogP contribution in [0.15, 0.2) is 53.4 Å². The van der Waals surface area contributed by atoms with Gasteiger partial charge in [-0.2, -0.15) is 4.31 Å². The van der Waals surface area contributed by atoms with Gasteiger partial charge in [0.2, 0.25) is 15.9 Å². The Hall–Kier alpha value is -1.89. The molecule has 1 N–H and O–H groups in total. The fraction of sp³-hybridized carbons (Fsp3) is 0.350. The monoisotopic (exact) mass is 406 g/mol. The molecule has 0 aromatic heterocycles. The number of sulfonamides is 1. The zero-order valence-electron chi connectivity index (χ0n) is 15.4. The van der Waals surface area contributed by atoms with Crippen LogP contribution in [-0.4, -0.2) is 31.2 Å². The number of carbonyl (C=O) groups excluding carboxylic acids is 1. The lowest BCUT2D eigenvalue weighted by atomic mass is 10.1. The molecule has 27 heavy (non-hydrogen) atoms. The van der Waals surface area contributed by atoms with E-state index in [0.717, 1.165) is 11.1 Å². The Balaban J connectivity index is 1.76. The Kier molecular flexibility index (Phi) is 5.89. The average Bonchev–Trinajstić information content (AvgIpc) is 3.13. The average molecular weight is 407 g/mol. The minimum Gasteiger partial charge on any atom is -0.348 e. The van der Waals surface area contributed by atoms with E-state index in [2.05, 4.69) is 5.32 Å². The number of nitrogens with one attached hydrogen (secondary N) is 1. The highest BCUT2D eigenvalue weighted by Crippen LogP contribution is 2.27. The van der Waals surface area contributed by atoms with Crippen LogP contribution in [0.3, 0.4) is 0 Å². The molecule has 0 radical (unpaired) electrons. The van der Waals surface area contributed by atoms with E-state index in [1.807, 2.05) is 38.1 Å². The lowest BCUT2D eigenvalue weighted by molar-refractivity contribution is -0.124. The molecule has 0 spiro atoms. The van der Waals surface area contributed by atoms with E-state index in [1.54, 1.807) is 12.1 Å². The Morgan fingerprint density at radius 3 is 2.41 bits per heavy atom. The predicted molar refractivity (Wildman–Crippen MR) is 106 cm³/mol. The van der Waals surface area contributed by atoms with Gasteiger partial charge >= 0.3 is 0 Å². The molecule has 1 fully saturated rings. The fourth-order valence-corrected chi connectivity index (χ4v) is 5.06. The number of carbonyl (C=O) groups is 1. The van der Waals surface area contributed by atoms with E-state index in [1.165, 1.54) is 16.4 Å². The molecule has 1 saturated heterocycles. The molecular formula is C20H23ClN2O3S. The minimum atomic E-state index is -3.74. The summed E-state index contributed by atoms with van der Waals surface area (Å²) >= 11 is 5.85. The highest BCUT2D eigenvalue weighted by molar-refractivity contribution is 7.89. The maximum Gasteiger partial charge on any atom is 0.243 e. The van der Waals surface area contributed by atoms with Crippen LogP contribution in [-0.2, 0) is 14.8 Å². The zero-order chi connectivity index (χ0) is 19.6. The molecule has 0 unspecified atom stereocenters. The van der Waals surface area contributed by atoms with Crippen LogP contribution in [0.2, 0.25) is 5.02 Å². The van der Waals surface area contributed by atoms with E-state index >= 15 is 0 Å². The second kappa shape index (κ2) is 8.00. The molecule has 1 aliphatic heterocycles. The number of hydrogen-bond donors (Lipinski definition) is 1. The lowest BCUT2D eigenvalue weighted by Gasteiger charge is -2.25. The van der Waals surface area contributed by atoms with Crippen LogP contribution in [0.25, 0.3) is 0 Å². The SMILES string of the molecule is Cc1ccc([C@@H](C)NC(=O)[C@H]2CCCN2S(=O)(=O)c2ccc(Cl)cc2)cc1. The lowest BCUT2D eigenvalue weighted by Crippen LogP contribution is -2.46. The summed E-state index contributed by atoms with van der Waals surface area (Å²) in [6.07, 6.45) is 1.17. The number of benzene rings is 2. The number of rotatable bonds is 5.